The molecule has 8 heteroatoms. The first-order valence-electron chi connectivity index (χ1n) is 11.7. The van der Waals surface area contributed by atoms with Crippen molar-refractivity contribution >= 4 is 12.1 Å². The fourth-order valence-corrected chi connectivity index (χ4v) is 4.29. The van der Waals surface area contributed by atoms with Crippen molar-refractivity contribution in [1.29, 1.82) is 0 Å². The highest BCUT2D eigenvalue weighted by molar-refractivity contribution is 5.82. The van der Waals surface area contributed by atoms with Crippen LogP contribution in [0.25, 0.3) is 0 Å². The van der Waals surface area contributed by atoms with Gasteiger partial charge in [-0.2, -0.15) is 0 Å². The van der Waals surface area contributed by atoms with Crippen LogP contribution in [-0.2, 0) is 27.4 Å². The van der Waals surface area contributed by atoms with E-state index >= 15 is 0 Å². The zero-order chi connectivity index (χ0) is 22.6. The van der Waals surface area contributed by atoms with E-state index in [9.17, 15) is 4.79 Å². The maximum absolute atomic E-state index is 12.4. The molecular weight excluding hydrogens is 408 g/mol. The molecule has 2 saturated heterocycles. The number of rotatable bonds is 5. The molecule has 0 bridgehead atoms. The second-order valence-corrected chi connectivity index (χ2v) is 9.73. The van der Waals surface area contributed by atoms with Gasteiger partial charge in [-0.3, -0.25) is 4.99 Å². The fourth-order valence-electron chi connectivity index (χ4n) is 4.29. The number of hydrogen-bond acceptors (Lipinski definition) is 7. The smallest absolute Gasteiger partial charge is 0.410 e. The molecule has 3 aliphatic heterocycles. The summed E-state index contributed by atoms with van der Waals surface area (Å²) in [5, 5.41) is 3.50. The average molecular weight is 445 g/mol. The van der Waals surface area contributed by atoms with E-state index in [-0.39, 0.29) is 12.1 Å². The van der Waals surface area contributed by atoms with E-state index < -0.39 is 5.60 Å². The van der Waals surface area contributed by atoms with E-state index in [0.717, 1.165) is 38.6 Å². The van der Waals surface area contributed by atoms with Gasteiger partial charge >= 0.3 is 6.09 Å². The van der Waals surface area contributed by atoms with Gasteiger partial charge in [0.2, 0.25) is 0 Å². The Kier molecular flexibility index (Phi) is 7.20. The first-order valence-corrected chi connectivity index (χ1v) is 11.7. The number of nitrogens with zero attached hydrogens (tertiary/aromatic N) is 3. The molecule has 0 saturated carbocycles. The molecule has 8 nitrogen and oxygen atoms in total. The minimum Gasteiger partial charge on any atom is -0.444 e. The average Bonchev–Trinajstić information content (AvgIpc) is 3.18. The molecular formula is C24H36N4O4. The van der Waals surface area contributed by atoms with E-state index in [2.05, 4.69) is 34.5 Å². The molecule has 1 N–H and O–H groups in total. The maximum atomic E-state index is 12.4. The molecule has 32 heavy (non-hydrogen) atoms. The van der Waals surface area contributed by atoms with Gasteiger partial charge in [0.25, 0.3) is 0 Å². The van der Waals surface area contributed by atoms with Crippen molar-refractivity contribution in [1.82, 2.24) is 15.1 Å². The lowest BCUT2D eigenvalue weighted by Crippen LogP contribution is -2.57. The van der Waals surface area contributed by atoms with Crippen molar-refractivity contribution in [2.45, 2.75) is 64.5 Å². The monoisotopic (exact) mass is 444 g/mol. The molecule has 0 aromatic heterocycles. The third-order valence-electron chi connectivity index (χ3n) is 5.95. The number of ether oxygens (including phenoxy) is 3. The number of carbonyl (C=O) groups is 1. The number of nitrogens with one attached hydrogen (secondary N) is 1. The predicted octanol–water partition coefficient (Wildman–Crippen LogP) is 2.76. The number of carbonyl (C=O) groups excluding carboxylic acids is 1. The van der Waals surface area contributed by atoms with Gasteiger partial charge in [-0.15, -0.1) is 0 Å². The summed E-state index contributed by atoms with van der Waals surface area (Å²) in [6.45, 7) is 11.4. The van der Waals surface area contributed by atoms with Crippen molar-refractivity contribution in [3.8, 4) is 0 Å². The van der Waals surface area contributed by atoms with Crippen molar-refractivity contribution in [3.05, 3.63) is 35.4 Å². The molecule has 4 rings (SSSR count). The highest BCUT2D eigenvalue weighted by Crippen LogP contribution is 2.19. The van der Waals surface area contributed by atoms with E-state index in [1.807, 2.05) is 20.8 Å². The molecule has 176 valence electrons. The number of guanidine groups is 1. The minimum absolute atomic E-state index is 0.206. The molecule has 2 fully saturated rings. The molecule has 1 amide bonds. The van der Waals surface area contributed by atoms with Gasteiger partial charge in [0, 0.05) is 39.4 Å². The van der Waals surface area contributed by atoms with Crippen molar-refractivity contribution < 1.29 is 19.0 Å². The van der Waals surface area contributed by atoms with Crippen LogP contribution in [0.3, 0.4) is 0 Å². The second-order valence-electron chi connectivity index (χ2n) is 9.73. The summed E-state index contributed by atoms with van der Waals surface area (Å²) < 4.78 is 17.0. The summed E-state index contributed by atoms with van der Waals surface area (Å²) >= 11 is 0. The summed E-state index contributed by atoms with van der Waals surface area (Å²) in [5.74, 6) is 0.919. The second kappa shape index (κ2) is 10.1. The van der Waals surface area contributed by atoms with Gasteiger partial charge in [0.1, 0.15) is 5.60 Å². The standard InChI is InChI=1S/C24H36N4O4/c1-24(2,3)32-23(29)27-9-10-28-20(16-27)15-26-22(28)25-14-18-5-4-6-19(13-18)17-31-21-7-11-30-12-8-21/h4-6,13,20-21H,7-12,14-17H2,1-3H3,(H,25,26). The van der Waals surface area contributed by atoms with Gasteiger partial charge in [0.15, 0.2) is 5.96 Å². The quantitative estimate of drug-likeness (QED) is 0.753. The normalized spacial score (nSPS) is 21.8. The van der Waals surface area contributed by atoms with E-state index in [1.54, 1.807) is 4.90 Å². The third kappa shape index (κ3) is 6.13. The fraction of sp³-hybridized carbons (Fsp3) is 0.667. The van der Waals surface area contributed by atoms with E-state index in [1.165, 1.54) is 11.1 Å². The highest BCUT2D eigenvalue weighted by Gasteiger charge is 2.36. The number of fused-ring (bicyclic) bond motifs is 1. The van der Waals surface area contributed by atoms with Crippen LogP contribution >= 0.6 is 0 Å². The lowest BCUT2D eigenvalue weighted by Gasteiger charge is -2.39. The van der Waals surface area contributed by atoms with Crippen LogP contribution in [0, 0.1) is 0 Å². The molecule has 1 atom stereocenters. The van der Waals surface area contributed by atoms with Crippen molar-refractivity contribution in [2.24, 2.45) is 4.99 Å². The van der Waals surface area contributed by atoms with Crippen LogP contribution in [0.15, 0.2) is 29.3 Å². The van der Waals surface area contributed by atoms with Crippen LogP contribution in [0.2, 0.25) is 0 Å². The number of piperazine rings is 1. The molecule has 3 heterocycles. The number of benzene rings is 1. The topological polar surface area (TPSA) is 75.6 Å². The van der Waals surface area contributed by atoms with Gasteiger partial charge in [-0.05, 0) is 44.7 Å². The Balaban J connectivity index is 1.24. The Hall–Kier alpha value is -2.32. The summed E-state index contributed by atoms with van der Waals surface area (Å²) in [6.07, 6.45) is 2.01. The van der Waals surface area contributed by atoms with Crippen molar-refractivity contribution in [2.75, 3.05) is 39.4 Å². The lowest BCUT2D eigenvalue weighted by atomic mass is 10.1. The highest BCUT2D eigenvalue weighted by atomic mass is 16.6. The molecule has 3 aliphatic rings. The zero-order valence-corrected chi connectivity index (χ0v) is 19.5. The van der Waals surface area contributed by atoms with Crippen LogP contribution in [0.5, 0.6) is 0 Å². The van der Waals surface area contributed by atoms with Gasteiger partial charge < -0.3 is 29.3 Å². The first kappa shape index (κ1) is 22.9. The van der Waals surface area contributed by atoms with E-state index in [0.29, 0.717) is 38.9 Å². The minimum atomic E-state index is -0.475. The molecule has 0 radical (unpaired) electrons. The predicted molar refractivity (Wildman–Crippen MR) is 123 cm³/mol. The molecule has 1 aromatic carbocycles. The first-order chi connectivity index (χ1) is 15.4. The summed E-state index contributed by atoms with van der Waals surface area (Å²) in [6, 6.07) is 8.72. The van der Waals surface area contributed by atoms with Crippen LogP contribution in [0.4, 0.5) is 4.79 Å². The van der Waals surface area contributed by atoms with Crippen LogP contribution < -0.4 is 5.32 Å². The summed E-state index contributed by atoms with van der Waals surface area (Å²) in [7, 11) is 0. The Morgan fingerprint density at radius 2 is 2.00 bits per heavy atom. The number of hydrogen-bond donors (Lipinski definition) is 1. The van der Waals surface area contributed by atoms with Gasteiger partial charge in [-0.1, -0.05) is 24.3 Å². The van der Waals surface area contributed by atoms with Crippen LogP contribution in [-0.4, -0.2) is 79.0 Å². The molecule has 1 aromatic rings. The Bertz CT molecular complexity index is 816. The lowest BCUT2D eigenvalue weighted by molar-refractivity contribution is -0.0390. The molecule has 1 unspecified atom stereocenters. The Morgan fingerprint density at radius 3 is 2.78 bits per heavy atom. The summed E-state index contributed by atoms with van der Waals surface area (Å²) in [4.78, 5) is 21.2. The zero-order valence-electron chi connectivity index (χ0n) is 19.5. The molecule has 0 spiro atoms. The number of amides is 1. The number of aliphatic imine (C=N–C) groups is 1. The third-order valence-corrected chi connectivity index (χ3v) is 5.95. The van der Waals surface area contributed by atoms with Crippen LogP contribution in [0.1, 0.15) is 44.7 Å². The Morgan fingerprint density at radius 1 is 1.22 bits per heavy atom. The van der Waals surface area contributed by atoms with Gasteiger partial charge in [-0.25, -0.2) is 4.79 Å². The largest absolute Gasteiger partial charge is 0.444 e. The Labute approximate surface area is 190 Å². The maximum Gasteiger partial charge on any atom is 0.410 e. The van der Waals surface area contributed by atoms with Crippen molar-refractivity contribution in [3.63, 3.8) is 0 Å². The SMILES string of the molecule is CC(C)(C)OC(=O)N1CCN2C(NCc3cccc(COC4CCOCC4)c3)=NCC2C1. The van der Waals surface area contributed by atoms with E-state index in [4.69, 9.17) is 19.2 Å². The van der Waals surface area contributed by atoms with Gasteiger partial charge in [0.05, 0.1) is 25.3 Å². The molecule has 0 aliphatic carbocycles. The summed E-state index contributed by atoms with van der Waals surface area (Å²) in [5.41, 5.74) is 1.92.